The summed E-state index contributed by atoms with van der Waals surface area (Å²) in [4.78, 5) is 15.2. The summed E-state index contributed by atoms with van der Waals surface area (Å²) in [6.45, 7) is 7.64. The first kappa shape index (κ1) is 11.5. The highest BCUT2D eigenvalue weighted by molar-refractivity contribution is 5.73. The summed E-state index contributed by atoms with van der Waals surface area (Å²) in [7, 11) is 0. The van der Waals surface area contributed by atoms with Gasteiger partial charge in [0.2, 0.25) is 5.91 Å². The molecule has 1 saturated heterocycles. The van der Waals surface area contributed by atoms with Crippen molar-refractivity contribution in [3.05, 3.63) is 0 Å². The van der Waals surface area contributed by atoms with Gasteiger partial charge in [0.15, 0.2) is 0 Å². The van der Waals surface area contributed by atoms with Crippen molar-refractivity contribution in [2.24, 2.45) is 0 Å². The summed E-state index contributed by atoms with van der Waals surface area (Å²) < 4.78 is 0. The van der Waals surface area contributed by atoms with Gasteiger partial charge >= 0.3 is 0 Å². The Morgan fingerprint density at radius 1 is 1.36 bits per heavy atom. The summed E-state index contributed by atoms with van der Waals surface area (Å²) >= 11 is 0. The third-order valence-corrected chi connectivity index (χ3v) is 2.56. The van der Waals surface area contributed by atoms with Gasteiger partial charge in [-0.1, -0.05) is 0 Å². The molecule has 0 aromatic heterocycles. The molecule has 1 aliphatic rings. The van der Waals surface area contributed by atoms with Crippen LogP contribution in [0.15, 0.2) is 0 Å². The number of nitrogens with zero attached hydrogens (tertiary/aromatic N) is 2. The number of aliphatic hydroxyl groups excluding tert-OH is 1. The van der Waals surface area contributed by atoms with Crippen LogP contribution in [0.25, 0.3) is 0 Å². The quantitative estimate of drug-likeness (QED) is 0.678. The van der Waals surface area contributed by atoms with E-state index in [1.807, 2.05) is 4.90 Å². The highest BCUT2D eigenvalue weighted by Gasteiger charge is 2.16. The molecule has 0 radical (unpaired) electrons. The Morgan fingerprint density at radius 3 is 2.64 bits per heavy atom. The molecule has 1 rings (SSSR count). The molecule has 0 spiro atoms. The molecular formula is C10H20N2O2. The minimum atomic E-state index is -0.279. The first-order valence-electron chi connectivity index (χ1n) is 5.25. The van der Waals surface area contributed by atoms with Gasteiger partial charge in [0, 0.05) is 33.1 Å². The monoisotopic (exact) mass is 200 g/mol. The average Bonchev–Trinajstić information content (AvgIpc) is 2.28. The lowest BCUT2D eigenvalue weighted by Crippen LogP contribution is -2.36. The van der Waals surface area contributed by atoms with Crippen LogP contribution in [0.5, 0.6) is 0 Å². The molecular weight excluding hydrogens is 180 g/mol. The van der Waals surface area contributed by atoms with Gasteiger partial charge in [0.1, 0.15) is 0 Å². The zero-order valence-corrected chi connectivity index (χ0v) is 9.07. The van der Waals surface area contributed by atoms with Crippen molar-refractivity contribution >= 4 is 5.91 Å². The van der Waals surface area contributed by atoms with Gasteiger partial charge in [-0.15, -0.1) is 0 Å². The van der Waals surface area contributed by atoms with E-state index in [1.54, 1.807) is 13.8 Å². The Morgan fingerprint density at radius 2 is 2.07 bits per heavy atom. The highest BCUT2D eigenvalue weighted by Crippen LogP contribution is 2.03. The number of amides is 1. The molecule has 0 unspecified atom stereocenters. The zero-order chi connectivity index (χ0) is 10.6. The standard InChI is InChI=1S/C10H20N2O2/c1-9(13)8-11-4-3-5-12(7-6-11)10(2)14/h9,13H,3-8H2,1-2H3/t9-/m0/s1. The molecule has 4 heteroatoms. The van der Waals surface area contributed by atoms with Crippen LogP contribution < -0.4 is 0 Å². The molecule has 0 bridgehead atoms. The van der Waals surface area contributed by atoms with E-state index in [2.05, 4.69) is 4.90 Å². The van der Waals surface area contributed by atoms with E-state index in [-0.39, 0.29) is 12.0 Å². The molecule has 4 nitrogen and oxygen atoms in total. The molecule has 82 valence electrons. The predicted octanol–water partition coefficient (Wildman–Crippen LogP) is -0.0786. The minimum absolute atomic E-state index is 0.156. The molecule has 0 saturated carbocycles. The fraction of sp³-hybridized carbons (Fsp3) is 0.900. The number of carbonyl (C=O) groups excluding carboxylic acids is 1. The fourth-order valence-electron chi connectivity index (χ4n) is 1.84. The van der Waals surface area contributed by atoms with Crippen LogP contribution in [0, 0.1) is 0 Å². The van der Waals surface area contributed by atoms with Crippen molar-refractivity contribution in [2.75, 3.05) is 32.7 Å². The van der Waals surface area contributed by atoms with Crippen molar-refractivity contribution in [3.8, 4) is 0 Å². The van der Waals surface area contributed by atoms with E-state index in [1.165, 1.54) is 0 Å². The number of carbonyl (C=O) groups is 1. The predicted molar refractivity (Wildman–Crippen MR) is 55.0 cm³/mol. The van der Waals surface area contributed by atoms with Gasteiger partial charge < -0.3 is 10.0 Å². The van der Waals surface area contributed by atoms with E-state index in [4.69, 9.17) is 0 Å². The molecule has 0 aromatic rings. The van der Waals surface area contributed by atoms with Crippen LogP contribution in [0.2, 0.25) is 0 Å². The molecule has 1 aliphatic heterocycles. The van der Waals surface area contributed by atoms with Gasteiger partial charge in [0.25, 0.3) is 0 Å². The summed E-state index contributed by atoms with van der Waals surface area (Å²) in [6.07, 6.45) is 0.727. The Balaban J connectivity index is 2.36. The lowest BCUT2D eigenvalue weighted by Gasteiger charge is -2.21. The first-order valence-corrected chi connectivity index (χ1v) is 5.25. The smallest absolute Gasteiger partial charge is 0.219 e. The topological polar surface area (TPSA) is 43.8 Å². The molecule has 0 aliphatic carbocycles. The molecule has 1 atom stereocenters. The normalized spacial score (nSPS) is 21.8. The van der Waals surface area contributed by atoms with Crippen LogP contribution in [0.1, 0.15) is 20.3 Å². The van der Waals surface area contributed by atoms with E-state index in [9.17, 15) is 9.90 Å². The van der Waals surface area contributed by atoms with Crippen LogP contribution in [-0.2, 0) is 4.79 Å². The van der Waals surface area contributed by atoms with Crippen LogP contribution in [-0.4, -0.2) is 59.6 Å². The molecule has 14 heavy (non-hydrogen) atoms. The van der Waals surface area contributed by atoms with Gasteiger partial charge in [-0.25, -0.2) is 0 Å². The van der Waals surface area contributed by atoms with Gasteiger partial charge in [0.05, 0.1) is 6.10 Å². The Kier molecular flexibility index (Phi) is 4.35. The Bertz CT molecular complexity index is 195. The largest absolute Gasteiger partial charge is 0.392 e. The van der Waals surface area contributed by atoms with E-state index < -0.39 is 0 Å². The number of rotatable bonds is 2. The number of hydrogen-bond donors (Lipinski definition) is 1. The first-order chi connectivity index (χ1) is 6.59. The fourth-order valence-corrected chi connectivity index (χ4v) is 1.84. The van der Waals surface area contributed by atoms with Crippen molar-refractivity contribution in [2.45, 2.75) is 26.4 Å². The van der Waals surface area contributed by atoms with Crippen LogP contribution >= 0.6 is 0 Å². The van der Waals surface area contributed by atoms with Crippen molar-refractivity contribution < 1.29 is 9.90 Å². The summed E-state index contributed by atoms with van der Waals surface area (Å²) in [5.74, 6) is 0.156. The maximum Gasteiger partial charge on any atom is 0.219 e. The maximum atomic E-state index is 11.1. The van der Waals surface area contributed by atoms with Crippen molar-refractivity contribution in [1.82, 2.24) is 9.80 Å². The van der Waals surface area contributed by atoms with Crippen LogP contribution in [0.3, 0.4) is 0 Å². The van der Waals surface area contributed by atoms with Gasteiger partial charge in [-0.3, -0.25) is 9.69 Å². The lowest BCUT2D eigenvalue weighted by atomic mass is 10.3. The number of β-amino-alcohol motifs (C(OH)–C–C–N with tert-alkyl or cyclic N) is 1. The second-order valence-corrected chi connectivity index (χ2v) is 4.01. The Hall–Kier alpha value is -0.610. The summed E-state index contributed by atoms with van der Waals surface area (Å²) in [5, 5.41) is 9.25. The Labute approximate surface area is 85.5 Å². The summed E-state index contributed by atoms with van der Waals surface area (Å²) in [5.41, 5.74) is 0. The molecule has 1 N–H and O–H groups in total. The summed E-state index contributed by atoms with van der Waals surface area (Å²) in [6, 6.07) is 0. The molecule has 1 fully saturated rings. The molecule has 1 heterocycles. The van der Waals surface area contributed by atoms with Crippen molar-refractivity contribution in [1.29, 1.82) is 0 Å². The zero-order valence-electron chi connectivity index (χ0n) is 9.07. The van der Waals surface area contributed by atoms with E-state index in [0.717, 1.165) is 32.6 Å². The second kappa shape index (κ2) is 5.32. The van der Waals surface area contributed by atoms with Crippen LogP contribution in [0.4, 0.5) is 0 Å². The highest BCUT2D eigenvalue weighted by atomic mass is 16.3. The molecule has 1 amide bonds. The molecule has 0 aromatic carbocycles. The lowest BCUT2D eigenvalue weighted by molar-refractivity contribution is -0.128. The minimum Gasteiger partial charge on any atom is -0.392 e. The third-order valence-electron chi connectivity index (χ3n) is 2.56. The van der Waals surface area contributed by atoms with E-state index in [0.29, 0.717) is 6.54 Å². The average molecular weight is 200 g/mol. The third kappa shape index (κ3) is 3.64. The van der Waals surface area contributed by atoms with Gasteiger partial charge in [-0.05, 0) is 19.9 Å². The number of hydrogen-bond acceptors (Lipinski definition) is 3. The number of aliphatic hydroxyl groups is 1. The SMILES string of the molecule is CC(=O)N1CCCN(C[C@H](C)O)CC1. The maximum absolute atomic E-state index is 11.1. The van der Waals surface area contributed by atoms with Gasteiger partial charge in [-0.2, -0.15) is 0 Å². The second-order valence-electron chi connectivity index (χ2n) is 4.01. The van der Waals surface area contributed by atoms with Crippen molar-refractivity contribution in [3.63, 3.8) is 0 Å². The van der Waals surface area contributed by atoms with E-state index >= 15 is 0 Å².